The van der Waals surface area contributed by atoms with Crippen LogP contribution in [0.1, 0.15) is 46.6 Å². The normalized spacial score (nSPS) is 20.9. The lowest BCUT2D eigenvalue weighted by molar-refractivity contribution is -0.137. The van der Waals surface area contributed by atoms with Crippen LogP contribution >= 0.6 is 0 Å². The molecule has 3 unspecified atom stereocenters. The standard InChI is InChI=1S/C31H26F4N4O2S/c1-38(42(41)26-6-4-5-22(15-26)31(33,34)35)25-11-8-21-16-28-20(19-37-39(28)24-12-9-23(32)10-13-24)17-30(21,18-25)29(40)27-7-2-3-14-36-27/h2-7,9-10,12-16,19,25H,8,11,17-18H2,1H3. The maximum absolute atomic E-state index is 14.3. The number of ketones is 1. The Hall–Kier alpha value is -3.96. The zero-order chi connectivity index (χ0) is 29.6. The lowest BCUT2D eigenvalue weighted by atomic mass is 9.60. The van der Waals surface area contributed by atoms with Gasteiger partial charge in [0.05, 0.1) is 33.5 Å². The van der Waals surface area contributed by atoms with Crippen molar-refractivity contribution >= 4 is 22.8 Å². The van der Waals surface area contributed by atoms with Crippen molar-refractivity contribution in [1.29, 1.82) is 0 Å². The second kappa shape index (κ2) is 10.7. The Morgan fingerprint density at radius 1 is 1.10 bits per heavy atom. The van der Waals surface area contributed by atoms with Crippen LogP contribution in [0, 0.1) is 11.2 Å². The molecule has 2 heterocycles. The SMILES string of the molecule is CN(C1CCC2=Cc3c(cnn3-c3ccc(F)cc3)CC2(C(=O)c2ccccn2)C1)S(=O)c1cccc(C(F)(F)F)c1. The Kier molecular flexibility index (Phi) is 7.18. The molecule has 11 heteroatoms. The fraction of sp³-hybridized carbons (Fsp3) is 0.258. The number of hydrogen-bond donors (Lipinski definition) is 0. The van der Waals surface area contributed by atoms with Crippen molar-refractivity contribution in [3.8, 4) is 5.69 Å². The van der Waals surface area contributed by atoms with Gasteiger partial charge in [-0.15, -0.1) is 0 Å². The van der Waals surface area contributed by atoms with Gasteiger partial charge >= 0.3 is 6.18 Å². The van der Waals surface area contributed by atoms with E-state index in [1.807, 2.05) is 6.08 Å². The smallest absolute Gasteiger partial charge is 0.291 e. The summed E-state index contributed by atoms with van der Waals surface area (Å²) in [4.78, 5) is 18.6. The highest BCUT2D eigenvalue weighted by atomic mass is 32.2. The molecule has 0 spiro atoms. The van der Waals surface area contributed by atoms with Crippen LogP contribution in [-0.2, 0) is 23.6 Å². The van der Waals surface area contributed by atoms with E-state index < -0.39 is 28.1 Å². The molecule has 6 rings (SSSR count). The summed E-state index contributed by atoms with van der Waals surface area (Å²) < 4.78 is 70.4. The topological polar surface area (TPSA) is 68.1 Å². The monoisotopic (exact) mass is 594 g/mol. The molecular formula is C31H26F4N4O2S. The van der Waals surface area contributed by atoms with E-state index >= 15 is 0 Å². The van der Waals surface area contributed by atoms with Gasteiger partial charge in [-0.2, -0.15) is 18.3 Å². The van der Waals surface area contributed by atoms with Gasteiger partial charge in [0.25, 0.3) is 0 Å². The average Bonchev–Trinajstić information content (AvgIpc) is 3.41. The molecule has 2 aromatic heterocycles. The van der Waals surface area contributed by atoms with E-state index in [0.29, 0.717) is 37.1 Å². The number of allylic oxidation sites excluding steroid dienone is 1. The predicted molar refractivity (Wildman–Crippen MR) is 149 cm³/mol. The van der Waals surface area contributed by atoms with Crippen LogP contribution in [0.2, 0.25) is 0 Å². The first kappa shape index (κ1) is 28.2. The number of Topliss-reactive ketones (excluding diaryl/α,β-unsaturated/α-hetero) is 1. The number of halogens is 4. The molecule has 0 amide bonds. The largest absolute Gasteiger partial charge is 0.416 e. The molecule has 6 nitrogen and oxygen atoms in total. The number of nitrogens with zero attached hydrogens (tertiary/aromatic N) is 4. The van der Waals surface area contributed by atoms with E-state index in [0.717, 1.165) is 29.0 Å². The fourth-order valence-corrected chi connectivity index (χ4v) is 7.21. The second-order valence-electron chi connectivity index (χ2n) is 10.6. The van der Waals surface area contributed by atoms with Crippen molar-refractivity contribution in [3.05, 3.63) is 113 Å². The highest BCUT2D eigenvalue weighted by Crippen LogP contribution is 2.51. The van der Waals surface area contributed by atoms with E-state index in [2.05, 4.69) is 10.1 Å². The molecule has 2 aromatic carbocycles. The van der Waals surface area contributed by atoms with Crippen LogP contribution in [0.3, 0.4) is 0 Å². The minimum absolute atomic E-state index is 0.0465. The van der Waals surface area contributed by atoms with Crippen molar-refractivity contribution in [2.75, 3.05) is 7.05 Å². The van der Waals surface area contributed by atoms with Gasteiger partial charge in [-0.05, 0) is 91.9 Å². The van der Waals surface area contributed by atoms with E-state index in [4.69, 9.17) is 0 Å². The van der Waals surface area contributed by atoms with Gasteiger partial charge in [0.2, 0.25) is 0 Å². The van der Waals surface area contributed by atoms with Gasteiger partial charge in [0, 0.05) is 19.3 Å². The number of alkyl halides is 3. The number of pyridine rings is 1. The Morgan fingerprint density at radius 3 is 2.60 bits per heavy atom. The molecular weight excluding hydrogens is 568 g/mol. The van der Waals surface area contributed by atoms with Crippen LogP contribution in [0.15, 0.2) is 89.6 Å². The lowest BCUT2D eigenvalue weighted by Gasteiger charge is -2.45. The van der Waals surface area contributed by atoms with Crippen molar-refractivity contribution in [2.24, 2.45) is 5.41 Å². The molecule has 0 N–H and O–H groups in total. The van der Waals surface area contributed by atoms with Gasteiger partial charge in [-0.3, -0.25) is 9.78 Å². The summed E-state index contributed by atoms with van der Waals surface area (Å²) in [6.45, 7) is 0. The number of hydrogen-bond acceptors (Lipinski definition) is 4. The molecule has 42 heavy (non-hydrogen) atoms. The third kappa shape index (κ3) is 5.00. The summed E-state index contributed by atoms with van der Waals surface area (Å²) >= 11 is 0. The minimum atomic E-state index is -4.55. The third-order valence-electron chi connectivity index (χ3n) is 8.18. The van der Waals surface area contributed by atoms with Crippen LogP contribution in [-0.4, -0.2) is 42.2 Å². The molecule has 4 aromatic rings. The summed E-state index contributed by atoms with van der Waals surface area (Å²) in [7, 11) is -0.266. The van der Waals surface area contributed by atoms with E-state index in [1.54, 1.807) is 58.8 Å². The van der Waals surface area contributed by atoms with Gasteiger partial charge in [-0.25, -0.2) is 17.6 Å². The average molecular weight is 595 g/mol. The van der Waals surface area contributed by atoms with Gasteiger partial charge < -0.3 is 0 Å². The fourth-order valence-electron chi connectivity index (χ4n) is 6.01. The lowest BCUT2D eigenvalue weighted by Crippen LogP contribution is -2.48. The maximum Gasteiger partial charge on any atom is 0.416 e. The first-order chi connectivity index (χ1) is 20.1. The van der Waals surface area contributed by atoms with Gasteiger partial charge in [0.1, 0.15) is 22.5 Å². The Morgan fingerprint density at radius 2 is 1.88 bits per heavy atom. The molecule has 1 saturated carbocycles. The highest BCUT2D eigenvalue weighted by Gasteiger charge is 2.50. The number of fused-ring (bicyclic) bond motifs is 2. The van der Waals surface area contributed by atoms with Crippen LogP contribution in [0.5, 0.6) is 0 Å². The molecule has 2 aliphatic carbocycles. The van der Waals surface area contributed by atoms with Crippen molar-refractivity contribution < 1.29 is 26.6 Å². The molecule has 0 aliphatic heterocycles. The van der Waals surface area contributed by atoms with E-state index in [9.17, 15) is 26.6 Å². The van der Waals surface area contributed by atoms with Crippen molar-refractivity contribution in [2.45, 2.75) is 42.8 Å². The summed E-state index contributed by atoms with van der Waals surface area (Å²) in [5, 5.41) is 4.54. The number of benzene rings is 2. The maximum atomic E-state index is 14.3. The summed E-state index contributed by atoms with van der Waals surface area (Å²) in [5.74, 6) is -0.527. The van der Waals surface area contributed by atoms with Gasteiger partial charge in [0.15, 0.2) is 5.78 Å². The molecule has 0 bridgehead atoms. The number of rotatable bonds is 6. The molecule has 0 radical (unpaired) electrons. The molecule has 2 aliphatic rings. The molecule has 1 fully saturated rings. The first-order valence-electron chi connectivity index (χ1n) is 13.4. The summed E-state index contributed by atoms with van der Waals surface area (Å²) in [5.41, 5.74) is 1.64. The Labute approximate surface area is 242 Å². The number of carbonyl (C=O) groups is 1. The Balaban J connectivity index is 1.37. The van der Waals surface area contributed by atoms with Crippen molar-refractivity contribution in [1.82, 2.24) is 19.1 Å². The summed E-state index contributed by atoms with van der Waals surface area (Å²) in [6, 6.07) is 15.3. The molecule has 216 valence electrons. The van der Waals surface area contributed by atoms with E-state index in [-0.39, 0.29) is 22.5 Å². The van der Waals surface area contributed by atoms with Crippen LogP contribution < -0.4 is 0 Å². The zero-order valence-corrected chi connectivity index (χ0v) is 23.3. The highest BCUT2D eigenvalue weighted by molar-refractivity contribution is 7.82. The second-order valence-corrected chi connectivity index (χ2v) is 12.2. The van der Waals surface area contributed by atoms with Gasteiger partial charge in [-0.1, -0.05) is 17.7 Å². The third-order valence-corrected chi connectivity index (χ3v) is 9.66. The van der Waals surface area contributed by atoms with Crippen molar-refractivity contribution in [3.63, 3.8) is 0 Å². The Bertz CT molecular complexity index is 1700. The summed E-state index contributed by atoms with van der Waals surface area (Å²) in [6.07, 6.45) is 2.35. The number of carbonyl (C=O) groups excluding carboxylic acids is 1. The predicted octanol–water partition coefficient (Wildman–Crippen LogP) is 6.44. The molecule has 3 atom stereocenters. The minimum Gasteiger partial charge on any atom is -0.291 e. The zero-order valence-electron chi connectivity index (χ0n) is 22.5. The number of aromatic nitrogens is 3. The quantitative estimate of drug-likeness (QED) is 0.190. The molecule has 0 saturated heterocycles. The van der Waals surface area contributed by atoms with Crippen LogP contribution in [0.25, 0.3) is 11.8 Å². The van der Waals surface area contributed by atoms with E-state index in [1.165, 1.54) is 24.3 Å². The first-order valence-corrected chi connectivity index (χ1v) is 14.5. The van der Waals surface area contributed by atoms with Crippen LogP contribution in [0.4, 0.5) is 17.6 Å².